The van der Waals surface area contributed by atoms with E-state index in [1.807, 2.05) is 32.2 Å². The molecule has 0 saturated carbocycles. The first-order valence-electron chi connectivity index (χ1n) is 4.98. The van der Waals surface area contributed by atoms with E-state index in [1.165, 1.54) is 0 Å². The number of nitrogens with two attached hydrogens (primary N) is 1. The first kappa shape index (κ1) is 11.0. The van der Waals surface area contributed by atoms with Crippen LogP contribution < -0.4 is 10.6 Å². The smallest absolute Gasteiger partial charge is 0.128 e. The average molecular weight is 193 g/mol. The van der Waals surface area contributed by atoms with Gasteiger partial charge in [-0.25, -0.2) is 4.98 Å². The lowest BCUT2D eigenvalue weighted by atomic mass is 10.2. The van der Waals surface area contributed by atoms with Crippen molar-refractivity contribution in [2.24, 2.45) is 11.7 Å². The molecule has 2 N–H and O–H groups in total. The van der Waals surface area contributed by atoms with Crippen LogP contribution in [0, 0.1) is 12.8 Å². The minimum absolute atomic E-state index is 0.502. The van der Waals surface area contributed by atoms with Crippen molar-refractivity contribution in [1.82, 2.24) is 4.98 Å². The van der Waals surface area contributed by atoms with E-state index in [9.17, 15) is 0 Å². The Bertz CT molecular complexity index is 286. The zero-order valence-electron chi connectivity index (χ0n) is 9.20. The maximum atomic E-state index is 5.58. The largest absolute Gasteiger partial charge is 0.359 e. The van der Waals surface area contributed by atoms with E-state index in [2.05, 4.69) is 16.8 Å². The molecule has 78 valence electrons. The van der Waals surface area contributed by atoms with Crippen LogP contribution in [0.25, 0.3) is 0 Å². The molecule has 1 aromatic heterocycles. The average Bonchev–Trinajstić information content (AvgIpc) is 2.17. The van der Waals surface area contributed by atoms with Gasteiger partial charge in [0, 0.05) is 19.3 Å². The lowest BCUT2D eigenvalue weighted by molar-refractivity contribution is 0.587. The predicted octanol–water partition coefficient (Wildman–Crippen LogP) is 1.42. The Morgan fingerprint density at radius 1 is 1.50 bits per heavy atom. The van der Waals surface area contributed by atoms with Gasteiger partial charge in [0.15, 0.2) is 0 Å². The van der Waals surface area contributed by atoms with Crippen LogP contribution in [0.3, 0.4) is 0 Å². The fourth-order valence-electron chi connectivity index (χ4n) is 1.38. The predicted molar refractivity (Wildman–Crippen MR) is 60.5 cm³/mol. The third-order valence-electron chi connectivity index (χ3n) is 2.25. The van der Waals surface area contributed by atoms with Crippen molar-refractivity contribution in [2.45, 2.75) is 13.8 Å². The molecular weight excluding hydrogens is 174 g/mol. The number of nitrogens with zero attached hydrogens (tertiary/aromatic N) is 2. The number of pyridine rings is 1. The fraction of sp³-hybridized carbons (Fsp3) is 0.545. The zero-order valence-corrected chi connectivity index (χ0v) is 9.20. The summed E-state index contributed by atoms with van der Waals surface area (Å²) in [7, 11) is 2.05. The SMILES string of the molecule is Cc1cccc(N(C)CC(C)CN)n1. The van der Waals surface area contributed by atoms with Crippen LogP contribution in [-0.2, 0) is 0 Å². The summed E-state index contributed by atoms with van der Waals surface area (Å²) in [6, 6.07) is 6.06. The number of aryl methyl sites for hydroxylation is 1. The van der Waals surface area contributed by atoms with Gasteiger partial charge in [0.1, 0.15) is 5.82 Å². The van der Waals surface area contributed by atoms with E-state index in [0.29, 0.717) is 5.92 Å². The first-order chi connectivity index (χ1) is 6.63. The Labute approximate surface area is 85.9 Å². The second-order valence-electron chi connectivity index (χ2n) is 3.86. The van der Waals surface area contributed by atoms with Crippen molar-refractivity contribution in [3.05, 3.63) is 23.9 Å². The number of rotatable bonds is 4. The monoisotopic (exact) mass is 193 g/mol. The third-order valence-corrected chi connectivity index (χ3v) is 2.25. The quantitative estimate of drug-likeness (QED) is 0.786. The minimum Gasteiger partial charge on any atom is -0.359 e. The van der Waals surface area contributed by atoms with Crippen LogP contribution in [-0.4, -0.2) is 25.1 Å². The Morgan fingerprint density at radius 2 is 2.21 bits per heavy atom. The van der Waals surface area contributed by atoms with Crippen LogP contribution in [0.1, 0.15) is 12.6 Å². The van der Waals surface area contributed by atoms with E-state index in [-0.39, 0.29) is 0 Å². The van der Waals surface area contributed by atoms with E-state index in [4.69, 9.17) is 5.73 Å². The van der Waals surface area contributed by atoms with Crippen LogP contribution in [0.4, 0.5) is 5.82 Å². The molecule has 0 aliphatic rings. The van der Waals surface area contributed by atoms with Gasteiger partial charge in [0.2, 0.25) is 0 Å². The number of aromatic nitrogens is 1. The highest BCUT2D eigenvalue weighted by molar-refractivity contribution is 5.37. The van der Waals surface area contributed by atoms with Gasteiger partial charge < -0.3 is 10.6 Å². The van der Waals surface area contributed by atoms with Gasteiger partial charge in [-0.2, -0.15) is 0 Å². The first-order valence-corrected chi connectivity index (χ1v) is 4.98. The summed E-state index contributed by atoms with van der Waals surface area (Å²) in [6.45, 7) is 5.82. The van der Waals surface area contributed by atoms with Crippen molar-refractivity contribution in [3.63, 3.8) is 0 Å². The van der Waals surface area contributed by atoms with Crippen LogP contribution >= 0.6 is 0 Å². The lowest BCUT2D eigenvalue weighted by Crippen LogP contribution is -2.28. The van der Waals surface area contributed by atoms with Crippen LogP contribution in [0.15, 0.2) is 18.2 Å². The Balaban J connectivity index is 2.64. The van der Waals surface area contributed by atoms with E-state index >= 15 is 0 Å². The zero-order chi connectivity index (χ0) is 10.6. The van der Waals surface area contributed by atoms with Crippen molar-refractivity contribution in [1.29, 1.82) is 0 Å². The second kappa shape index (κ2) is 4.96. The van der Waals surface area contributed by atoms with Gasteiger partial charge >= 0.3 is 0 Å². The Hall–Kier alpha value is -1.09. The highest BCUT2D eigenvalue weighted by atomic mass is 15.2. The Kier molecular flexibility index (Phi) is 3.89. The molecule has 14 heavy (non-hydrogen) atoms. The maximum absolute atomic E-state index is 5.58. The van der Waals surface area contributed by atoms with E-state index < -0.39 is 0 Å². The fourth-order valence-corrected chi connectivity index (χ4v) is 1.38. The van der Waals surface area contributed by atoms with Gasteiger partial charge in [0.05, 0.1) is 0 Å². The van der Waals surface area contributed by atoms with Crippen LogP contribution in [0.5, 0.6) is 0 Å². The molecule has 0 saturated heterocycles. The van der Waals surface area contributed by atoms with Gasteiger partial charge in [0.25, 0.3) is 0 Å². The summed E-state index contributed by atoms with van der Waals surface area (Å²) < 4.78 is 0. The molecule has 0 aromatic carbocycles. The molecule has 3 nitrogen and oxygen atoms in total. The summed E-state index contributed by atoms with van der Waals surface area (Å²) in [4.78, 5) is 6.59. The third kappa shape index (κ3) is 3.00. The summed E-state index contributed by atoms with van der Waals surface area (Å²) in [5.74, 6) is 1.52. The van der Waals surface area contributed by atoms with Gasteiger partial charge in [-0.15, -0.1) is 0 Å². The molecule has 0 amide bonds. The molecule has 1 atom stereocenters. The highest BCUT2D eigenvalue weighted by Gasteiger charge is 2.06. The molecule has 1 heterocycles. The van der Waals surface area contributed by atoms with E-state index in [1.54, 1.807) is 0 Å². The van der Waals surface area contributed by atoms with Gasteiger partial charge in [-0.05, 0) is 31.5 Å². The van der Waals surface area contributed by atoms with Gasteiger partial charge in [-0.3, -0.25) is 0 Å². The minimum atomic E-state index is 0.502. The molecule has 0 fully saturated rings. The maximum Gasteiger partial charge on any atom is 0.128 e. The molecule has 0 aliphatic heterocycles. The van der Waals surface area contributed by atoms with Gasteiger partial charge in [-0.1, -0.05) is 13.0 Å². The summed E-state index contributed by atoms with van der Waals surface area (Å²) in [5, 5.41) is 0. The van der Waals surface area contributed by atoms with Crippen LogP contribution in [0.2, 0.25) is 0 Å². The topological polar surface area (TPSA) is 42.1 Å². The molecule has 3 heteroatoms. The summed E-state index contributed by atoms with van der Waals surface area (Å²) in [6.07, 6.45) is 0. The normalized spacial score (nSPS) is 12.6. The molecule has 0 aliphatic carbocycles. The van der Waals surface area contributed by atoms with E-state index in [0.717, 1.165) is 24.6 Å². The second-order valence-corrected chi connectivity index (χ2v) is 3.86. The summed E-state index contributed by atoms with van der Waals surface area (Å²) in [5.41, 5.74) is 6.63. The number of hydrogen-bond acceptors (Lipinski definition) is 3. The van der Waals surface area contributed by atoms with Crippen molar-refractivity contribution in [2.75, 3.05) is 25.0 Å². The molecule has 0 radical (unpaired) electrons. The van der Waals surface area contributed by atoms with Crippen molar-refractivity contribution < 1.29 is 0 Å². The number of anilines is 1. The molecule has 0 spiro atoms. The number of hydrogen-bond donors (Lipinski definition) is 1. The standard InChI is InChI=1S/C11H19N3/c1-9(7-12)8-14(3)11-6-4-5-10(2)13-11/h4-6,9H,7-8,12H2,1-3H3. The molecule has 1 aromatic rings. The Morgan fingerprint density at radius 3 is 2.79 bits per heavy atom. The van der Waals surface area contributed by atoms with Crippen molar-refractivity contribution in [3.8, 4) is 0 Å². The molecular formula is C11H19N3. The molecule has 1 rings (SSSR count). The lowest BCUT2D eigenvalue weighted by Gasteiger charge is -2.21. The van der Waals surface area contributed by atoms with Crippen molar-refractivity contribution >= 4 is 5.82 Å². The molecule has 1 unspecified atom stereocenters. The molecule has 0 bridgehead atoms. The summed E-state index contributed by atoms with van der Waals surface area (Å²) >= 11 is 0. The highest BCUT2D eigenvalue weighted by Crippen LogP contribution is 2.10.